The Bertz CT molecular complexity index is 535. The molecule has 4 heteroatoms. The summed E-state index contributed by atoms with van der Waals surface area (Å²) in [6, 6.07) is 10.6. The Hall–Kier alpha value is -0.890. The molecule has 0 aromatic heterocycles. The van der Waals surface area contributed by atoms with E-state index in [0.29, 0.717) is 26.6 Å². The maximum Gasteiger partial charge on any atom is 0.147 e. The van der Waals surface area contributed by atoms with Gasteiger partial charge in [0.25, 0.3) is 0 Å². The predicted octanol–water partition coefficient (Wildman–Crippen LogP) is 5.62. The molecule has 0 spiro atoms. The number of rotatable bonds is 2. The second-order valence-corrected chi connectivity index (χ2v) is 4.58. The lowest BCUT2D eigenvalue weighted by Gasteiger charge is -2.09. The molecule has 0 amide bonds. The van der Waals surface area contributed by atoms with Gasteiger partial charge in [0.1, 0.15) is 16.5 Å². The molecule has 0 N–H and O–H groups in total. The lowest BCUT2D eigenvalue weighted by molar-refractivity contribution is 0.483. The second-order valence-electron chi connectivity index (χ2n) is 3.42. The zero-order valence-electron chi connectivity index (χ0n) is 8.71. The van der Waals surface area contributed by atoms with Crippen LogP contribution in [-0.4, -0.2) is 0 Å². The van der Waals surface area contributed by atoms with Crippen molar-refractivity contribution in [3.05, 3.63) is 64.0 Å². The van der Waals surface area contributed by atoms with E-state index in [2.05, 4.69) is 6.92 Å². The molecule has 0 saturated carbocycles. The van der Waals surface area contributed by atoms with Crippen LogP contribution in [0, 0.1) is 6.92 Å². The largest absolute Gasteiger partial charge is 0.456 e. The molecular formula is C13H8Cl3O. The van der Waals surface area contributed by atoms with Crippen molar-refractivity contribution in [2.45, 2.75) is 0 Å². The zero-order valence-corrected chi connectivity index (χ0v) is 11.0. The van der Waals surface area contributed by atoms with E-state index >= 15 is 0 Å². The van der Waals surface area contributed by atoms with E-state index in [1.807, 2.05) is 12.1 Å². The molecule has 17 heavy (non-hydrogen) atoms. The Morgan fingerprint density at radius 2 is 1.47 bits per heavy atom. The van der Waals surface area contributed by atoms with Crippen LogP contribution in [0.15, 0.2) is 36.4 Å². The smallest absolute Gasteiger partial charge is 0.147 e. The minimum Gasteiger partial charge on any atom is -0.456 e. The lowest BCUT2D eigenvalue weighted by Crippen LogP contribution is -1.86. The summed E-state index contributed by atoms with van der Waals surface area (Å²) in [6.07, 6.45) is 0. The van der Waals surface area contributed by atoms with Gasteiger partial charge in [-0.3, -0.25) is 0 Å². The molecule has 1 radical (unpaired) electrons. The maximum absolute atomic E-state index is 6.03. The van der Waals surface area contributed by atoms with Crippen molar-refractivity contribution in [3.8, 4) is 11.5 Å². The van der Waals surface area contributed by atoms with Gasteiger partial charge in [-0.05, 0) is 36.8 Å². The summed E-state index contributed by atoms with van der Waals surface area (Å²) in [7, 11) is 0. The summed E-state index contributed by atoms with van der Waals surface area (Å²) >= 11 is 17.8. The van der Waals surface area contributed by atoms with Gasteiger partial charge in [-0.1, -0.05) is 46.9 Å². The first-order valence-electron chi connectivity index (χ1n) is 4.81. The third-order valence-corrected chi connectivity index (χ3v) is 3.43. The quantitative estimate of drug-likeness (QED) is 0.651. The fraction of sp³-hybridized carbons (Fsp3) is 0. The third kappa shape index (κ3) is 2.86. The van der Waals surface area contributed by atoms with Crippen LogP contribution < -0.4 is 4.74 Å². The van der Waals surface area contributed by atoms with Crippen molar-refractivity contribution >= 4 is 34.8 Å². The average Bonchev–Trinajstić information content (AvgIpc) is 2.33. The Balaban J connectivity index is 2.30. The van der Waals surface area contributed by atoms with Crippen molar-refractivity contribution < 1.29 is 4.74 Å². The average molecular weight is 287 g/mol. The number of hydrogen-bond acceptors (Lipinski definition) is 1. The molecule has 2 aromatic rings. The molecule has 0 bridgehead atoms. The van der Waals surface area contributed by atoms with E-state index in [1.165, 1.54) is 0 Å². The Morgan fingerprint density at radius 3 is 2.12 bits per heavy atom. The second kappa shape index (κ2) is 5.18. The molecule has 0 atom stereocenters. The van der Waals surface area contributed by atoms with Crippen LogP contribution in [0.2, 0.25) is 15.1 Å². The van der Waals surface area contributed by atoms with Gasteiger partial charge in [-0.2, -0.15) is 0 Å². The van der Waals surface area contributed by atoms with Crippen LogP contribution >= 0.6 is 34.8 Å². The summed E-state index contributed by atoms with van der Waals surface area (Å²) in [5, 5.41) is 0.995. The molecule has 2 aromatic carbocycles. The number of ether oxygens (including phenoxy) is 1. The molecule has 0 aliphatic carbocycles. The summed E-state index contributed by atoms with van der Waals surface area (Å²) in [5.41, 5.74) is 0.914. The number of hydrogen-bond donors (Lipinski definition) is 0. The van der Waals surface area contributed by atoms with Crippen LogP contribution in [0.3, 0.4) is 0 Å². The molecule has 0 heterocycles. The van der Waals surface area contributed by atoms with E-state index in [9.17, 15) is 0 Å². The molecule has 0 aliphatic rings. The van der Waals surface area contributed by atoms with Crippen molar-refractivity contribution in [2.75, 3.05) is 0 Å². The fourth-order valence-electron chi connectivity index (χ4n) is 1.27. The summed E-state index contributed by atoms with van der Waals surface area (Å²) in [5.74, 6) is 1.13. The van der Waals surface area contributed by atoms with Gasteiger partial charge in [0.05, 0.1) is 10.0 Å². The van der Waals surface area contributed by atoms with Gasteiger partial charge in [0, 0.05) is 0 Å². The van der Waals surface area contributed by atoms with Crippen LogP contribution in [0.4, 0.5) is 0 Å². The van der Waals surface area contributed by atoms with Gasteiger partial charge in [-0.15, -0.1) is 0 Å². The first-order valence-corrected chi connectivity index (χ1v) is 5.94. The van der Waals surface area contributed by atoms with E-state index < -0.39 is 0 Å². The van der Waals surface area contributed by atoms with Crippen LogP contribution in [0.1, 0.15) is 5.56 Å². The number of benzene rings is 2. The molecule has 0 saturated heterocycles. The zero-order chi connectivity index (χ0) is 12.4. The monoisotopic (exact) mass is 285 g/mol. The summed E-state index contributed by atoms with van der Waals surface area (Å²) in [4.78, 5) is 0. The fourth-order valence-corrected chi connectivity index (χ4v) is 1.84. The maximum atomic E-state index is 6.03. The van der Waals surface area contributed by atoms with Crippen LogP contribution in [0.25, 0.3) is 0 Å². The van der Waals surface area contributed by atoms with Gasteiger partial charge in [0.2, 0.25) is 0 Å². The molecule has 2 rings (SSSR count). The van der Waals surface area contributed by atoms with Crippen molar-refractivity contribution in [3.63, 3.8) is 0 Å². The highest BCUT2D eigenvalue weighted by atomic mass is 35.5. The van der Waals surface area contributed by atoms with E-state index in [0.717, 1.165) is 5.56 Å². The normalized spacial score (nSPS) is 10.4. The molecule has 1 nitrogen and oxygen atoms in total. The Kier molecular flexibility index (Phi) is 3.82. The van der Waals surface area contributed by atoms with Crippen molar-refractivity contribution in [1.82, 2.24) is 0 Å². The molecule has 0 fully saturated rings. The Labute approximate surface area is 115 Å². The van der Waals surface area contributed by atoms with E-state index in [-0.39, 0.29) is 0 Å². The summed E-state index contributed by atoms with van der Waals surface area (Å²) < 4.78 is 5.60. The molecule has 0 aliphatic heterocycles. The topological polar surface area (TPSA) is 9.23 Å². The number of halogens is 3. The van der Waals surface area contributed by atoms with E-state index in [4.69, 9.17) is 39.5 Å². The summed E-state index contributed by atoms with van der Waals surface area (Å²) in [6.45, 7) is 3.79. The first kappa shape index (κ1) is 12.6. The highest BCUT2D eigenvalue weighted by Crippen LogP contribution is 2.38. The van der Waals surface area contributed by atoms with Gasteiger partial charge >= 0.3 is 0 Å². The Morgan fingerprint density at radius 1 is 0.824 bits per heavy atom. The standard InChI is InChI=1S/C13H8Cl3O/c1-8-2-4-9(5-3-8)17-11-7-6-10(14)12(15)13(11)16/h2-7H,1H2. The van der Waals surface area contributed by atoms with Gasteiger partial charge in [-0.25, -0.2) is 0 Å². The van der Waals surface area contributed by atoms with Gasteiger partial charge in [0.15, 0.2) is 0 Å². The minimum atomic E-state index is 0.291. The molecule has 87 valence electrons. The van der Waals surface area contributed by atoms with Gasteiger partial charge < -0.3 is 4.74 Å². The highest BCUT2D eigenvalue weighted by molar-refractivity contribution is 6.48. The van der Waals surface area contributed by atoms with Crippen LogP contribution in [-0.2, 0) is 0 Å². The van der Waals surface area contributed by atoms with Crippen LogP contribution in [0.5, 0.6) is 11.5 Å². The molecule has 0 unspecified atom stereocenters. The SMILES string of the molecule is [CH2]c1ccc(Oc2ccc(Cl)c(Cl)c2Cl)cc1. The van der Waals surface area contributed by atoms with Crippen molar-refractivity contribution in [1.29, 1.82) is 0 Å². The minimum absolute atomic E-state index is 0.291. The van der Waals surface area contributed by atoms with E-state index in [1.54, 1.807) is 24.3 Å². The highest BCUT2D eigenvalue weighted by Gasteiger charge is 2.10. The van der Waals surface area contributed by atoms with Crippen molar-refractivity contribution in [2.24, 2.45) is 0 Å². The molecular weight excluding hydrogens is 279 g/mol. The predicted molar refractivity (Wildman–Crippen MR) is 72.4 cm³/mol. The first-order chi connectivity index (χ1) is 8.08. The third-order valence-electron chi connectivity index (χ3n) is 2.15. The lowest BCUT2D eigenvalue weighted by atomic mass is 10.2.